The van der Waals surface area contributed by atoms with Crippen LogP contribution in [0.1, 0.15) is 16.8 Å². The summed E-state index contributed by atoms with van der Waals surface area (Å²) in [5, 5.41) is 5.56. The van der Waals surface area contributed by atoms with Crippen LogP contribution in [-0.4, -0.2) is 86.7 Å². The number of nitrogens with zero attached hydrogens (tertiary/aromatic N) is 2. The Morgan fingerprint density at radius 3 is 2.71 bits per heavy atom. The Labute approximate surface area is 163 Å². The number of urea groups is 1. The van der Waals surface area contributed by atoms with E-state index in [9.17, 15) is 14.4 Å². The Kier molecular flexibility index (Phi) is 6.48. The molecule has 3 rings (SSSR count). The highest BCUT2D eigenvalue weighted by molar-refractivity contribution is 6.01. The molecule has 0 aromatic heterocycles. The van der Waals surface area contributed by atoms with Crippen LogP contribution in [0, 0.1) is 0 Å². The maximum Gasteiger partial charge on any atom is 0.324 e. The Balaban J connectivity index is 1.55. The first-order valence-electron chi connectivity index (χ1n) is 9.30. The van der Waals surface area contributed by atoms with Crippen molar-refractivity contribution in [2.75, 3.05) is 46.9 Å². The largest absolute Gasteiger partial charge is 0.496 e. The van der Waals surface area contributed by atoms with Gasteiger partial charge in [-0.05, 0) is 18.6 Å². The minimum Gasteiger partial charge on any atom is -0.496 e. The van der Waals surface area contributed by atoms with Gasteiger partial charge in [0, 0.05) is 33.3 Å². The highest BCUT2D eigenvalue weighted by Gasteiger charge is 2.33. The Bertz CT molecular complexity index is 725. The molecular formula is C19H26N4O5. The van der Waals surface area contributed by atoms with Crippen LogP contribution in [0.4, 0.5) is 4.79 Å². The van der Waals surface area contributed by atoms with E-state index in [-0.39, 0.29) is 36.5 Å². The lowest BCUT2D eigenvalue weighted by Gasteiger charge is -2.38. The van der Waals surface area contributed by atoms with E-state index in [1.807, 2.05) is 6.07 Å². The van der Waals surface area contributed by atoms with E-state index in [4.69, 9.17) is 9.47 Å². The number of ether oxygens (including phenoxy) is 2. The first-order chi connectivity index (χ1) is 13.5. The van der Waals surface area contributed by atoms with Crippen molar-refractivity contribution >= 4 is 17.8 Å². The molecule has 0 radical (unpaired) electrons. The first kappa shape index (κ1) is 20.1. The van der Waals surface area contributed by atoms with Gasteiger partial charge in [0.1, 0.15) is 5.75 Å². The maximum atomic E-state index is 12.7. The van der Waals surface area contributed by atoms with Crippen LogP contribution in [0.15, 0.2) is 24.3 Å². The maximum absolute atomic E-state index is 12.7. The van der Waals surface area contributed by atoms with E-state index in [1.165, 1.54) is 12.0 Å². The summed E-state index contributed by atoms with van der Waals surface area (Å²) in [6.07, 6.45) is 0.523. The number of rotatable bonds is 7. The zero-order valence-corrected chi connectivity index (χ0v) is 16.1. The summed E-state index contributed by atoms with van der Waals surface area (Å²) in [5.41, 5.74) is 0.487. The van der Waals surface area contributed by atoms with Gasteiger partial charge in [-0.1, -0.05) is 12.1 Å². The van der Waals surface area contributed by atoms with Crippen LogP contribution in [0.5, 0.6) is 5.75 Å². The Morgan fingerprint density at radius 1 is 1.25 bits per heavy atom. The molecule has 2 saturated heterocycles. The predicted molar refractivity (Wildman–Crippen MR) is 101 cm³/mol. The number of benzene rings is 1. The van der Waals surface area contributed by atoms with Gasteiger partial charge >= 0.3 is 6.03 Å². The number of para-hydroxylation sites is 1. The summed E-state index contributed by atoms with van der Waals surface area (Å²) >= 11 is 0. The van der Waals surface area contributed by atoms with E-state index in [1.54, 1.807) is 25.3 Å². The summed E-state index contributed by atoms with van der Waals surface area (Å²) in [5.74, 6) is 0.129. The van der Waals surface area contributed by atoms with Gasteiger partial charge in [-0.15, -0.1) is 0 Å². The van der Waals surface area contributed by atoms with Crippen molar-refractivity contribution in [3.8, 4) is 5.75 Å². The smallest absolute Gasteiger partial charge is 0.324 e. The number of imide groups is 1. The van der Waals surface area contributed by atoms with Gasteiger partial charge in [-0.3, -0.25) is 19.4 Å². The third-order valence-electron chi connectivity index (χ3n) is 5.19. The fourth-order valence-electron chi connectivity index (χ4n) is 3.59. The molecule has 1 aromatic carbocycles. The molecule has 152 valence electrons. The molecule has 2 aliphatic heterocycles. The zero-order chi connectivity index (χ0) is 20.1. The van der Waals surface area contributed by atoms with E-state index < -0.39 is 0 Å². The second kappa shape index (κ2) is 9.03. The monoisotopic (exact) mass is 390 g/mol. The Morgan fingerprint density at radius 2 is 2.04 bits per heavy atom. The molecule has 2 fully saturated rings. The average molecular weight is 390 g/mol. The number of amides is 4. The predicted octanol–water partition coefficient (Wildman–Crippen LogP) is 0.0661. The van der Waals surface area contributed by atoms with Gasteiger partial charge in [0.2, 0.25) is 5.91 Å². The number of nitrogens with one attached hydrogen (secondary N) is 2. The van der Waals surface area contributed by atoms with Crippen LogP contribution in [-0.2, 0) is 9.53 Å². The number of hydrogen-bond donors (Lipinski definition) is 2. The van der Waals surface area contributed by atoms with Crippen molar-refractivity contribution in [1.29, 1.82) is 0 Å². The van der Waals surface area contributed by atoms with E-state index in [0.717, 1.165) is 6.54 Å². The van der Waals surface area contributed by atoms with E-state index in [0.29, 0.717) is 37.4 Å². The van der Waals surface area contributed by atoms with Gasteiger partial charge in [-0.2, -0.15) is 0 Å². The van der Waals surface area contributed by atoms with Crippen molar-refractivity contribution in [2.45, 2.75) is 18.6 Å². The molecular weight excluding hydrogens is 364 g/mol. The lowest BCUT2D eigenvalue weighted by Crippen LogP contribution is -2.55. The van der Waals surface area contributed by atoms with Gasteiger partial charge < -0.3 is 20.1 Å². The van der Waals surface area contributed by atoms with Crippen molar-refractivity contribution in [3.63, 3.8) is 0 Å². The molecule has 2 aliphatic rings. The molecule has 28 heavy (non-hydrogen) atoms. The molecule has 1 aromatic rings. The van der Waals surface area contributed by atoms with Crippen molar-refractivity contribution in [2.24, 2.45) is 0 Å². The average Bonchev–Trinajstić information content (AvgIpc) is 3.04. The van der Waals surface area contributed by atoms with Crippen LogP contribution in [0.3, 0.4) is 0 Å². The number of piperidine rings is 1. The van der Waals surface area contributed by atoms with Gasteiger partial charge in [0.05, 0.1) is 31.4 Å². The molecule has 9 nitrogen and oxygen atoms in total. The number of carbonyl (C=O) groups excluding carboxylic acids is 3. The zero-order valence-electron chi connectivity index (χ0n) is 16.1. The molecule has 4 amide bonds. The summed E-state index contributed by atoms with van der Waals surface area (Å²) < 4.78 is 10.9. The van der Waals surface area contributed by atoms with Crippen molar-refractivity contribution in [3.05, 3.63) is 29.8 Å². The molecule has 2 atom stereocenters. The van der Waals surface area contributed by atoms with Crippen molar-refractivity contribution in [1.82, 2.24) is 20.4 Å². The summed E-state index contributed by atoms with van der Waals surface area (Å²) in [7, 11) is 3.15. The van der Waals surface area contributed by atoms with Crippen molar-refractivity contribution < 1.29 is 23.9 Å². The number of hydrogen-bond acceptors (Lipinski definition) is 6. The summed E-state index contributed by atoms with van der Waals surface area (Å²) in [6.45, 7) is 2.33. The molecule has 9 heteroatoms. The van der Waals surface area contributed by atoms with Crippen LogP contribution in [0.2, 0.25) is 0 Å². The highest BCUT2D eigenvalue weighted by Crippen LogP contribution is 2.19. The third kappa shape index (κ3) is 4.42. The molecule has 0 aliphatic carbocycles. The third-order valence-corrected chi connectivity index (χ3v) is 5.19. The van der Waals surface area contributed by atoms with Gasteiger partial charge in [-0.25, -0.2) is 4.79 Å². The van der Waals surface area contributed by atoms with Gasteiger partial charge in [0.25, 0.3) is 5.91 Å². The quantitative estimate of drug-likeness (QED) is 0.639. The minimum atomic E-state index is -0.341. The molecule has 2 N–H and O–H groups in total. The fraction of sp³-hybridized carbons (Fsp3) is 0.526. The first-order valence-corrected chi connectivity index (χ1v) is 9.30. The Hall–Kier alpha value is -2.65. The molecule has 0 saturated carbocycles. The minimum absolute atomic E-state index is 0.0661. The molecule has 0 spiro atoms. The van der Waals surface area contributed by atoms with Crippen LogP contribution < -0.4 is 15.4 Å². The lowest BCUT2D eigenvalue weighted by atomic mass is 10.0. The lowest BCUT2D eigenvalue weighted by molar-refractivity contribution is -0.125. The van der Waals surface area contributed by atoms with E-state index in [2.05, 4.69) is 15.5 Å². The molecule has 0 bridgehead atoms. The van der Waals surface area contributed by atoms with E-state index >= 15 is 0 Å². The topological polar surface area (TPSA) is 100 Å². The molecule has 2 heterocycles. The summed E-state index contributed by atoms with van der Waals surface area (Å²) in [4.78, 5) is 39.3. The SMILES string of the molecule is COc1ccccc1C(=O)NC1CCN(CCN2C(=O)CNC2=O)CC1OC. The second-order valence-electron chi connectivity index (χ2n) is 6.85. The van der Waals surface area contributed by atoms with Crippen LogP contribution in [0.25, 0.3) is 0 Å². The fourth-order valence-corrected chi connectivity index (χ4v) is 3.59. The number of carbonyl (C=O) groups is 3. The number of methoxy groups -OCH3 is 2. The summed E-state index contributed by atoms with van der Waals surface area (Å²) in [6, 6.07) is 6.62. The number of likely N-dealkylation sites (tertiary alicyclic amines) is 1. The highest BCUT2D eigenvalue weighted by atomic mass is 16.5. The standard InChI is InChI=1S/C19H26N4O5/c1-27-15-6-4-3-5-13(15)18(25)21-14-7-8-22(12-16(14)28-2)9-10-23-17(24)11-20-19(23)26/h3-6,14,16H,7-12H2,1-2H3,(H,20,26)(H,21,25). The second-order valence-corrected chi connectivity index (χ2v) is 6.85. The normalized spacial score (nSPS) is 22.9. The molecule has 2 unspecified atom stereocenters. The van der Waals surface area contributed by atoms with Crippen LogP contribution >= 0.6 is 0 Å². The van der Waals surface area contributed by atoms with Gasteiger partial charge in [0.15, 0.2) is 0 Å².